The molecule has 1 spiro atoms. The molecule has 3 aliphatic rings. The molecule has 8 nitrogen and oxygen atoms in total. The summed E-state index contributed by atoms with van der Waals surface area (Å²) in [6, 6.07) is 20.5. The predicted octanol–water partition coefficient (Wildman–Crippen LogP) is 8.65. The third-order valence-electron chi connectivity index (χ3n) is 11.4. The first-order chi connectivity index (χ1) is 25.8. The molecule has 4 aromatic rings. The van der Waals surface area contributed by atoms with Crippen LogP contribution in [0.4, 0.5) is 0 Å². The van der Waals surface area contributed by atoms with E-state index in [4.69, 9.17) is 25.8 Å². The summed E-state index contributed by atoms with van der Waals surface area (Å²) in [5, 5.41) is 19.8. The van der Waals surface area contributed by atoms with Crippen molar-refractivity contribution in [1.29, 1.82) is 5.26 Å². The SMILES string of the molecule is Cc1c(COc2cc(OCc3cncc(C#N)c3)c(CN3CCCCC3)cc2Cl)cccc1-c1cccc(OCCCN2CC3(CCC(O)C3)C2)c1C. The van der Waals surface area contributed by atoms with Crippen molar-refractivity contribution >= 4 is 11.6 Å². The van der Waals surface area contributed by atoms with Gasteiger partial charge in [-0.15, -0.1) is 0 Å². The lowest BCUT2D eigenvalue weighted by atomic mass is 9.78. The number of hydrogen-bond acceptors (Lipinski definition) is 8. The van der Waals surface area contributed by atoms with Crippen LogP contribution in [0.5, 0.6) is 17.2 Å². The fourth-order valence-corrected chi connectivity index (χ4v) is 8.68. The summed E-state index contributed by atoms with van der Waals surface area (Å²) >= 11 is 6.89. The Kier molecular flexibility index (Phi) is 11.9. The van der Waals surface area contributed by atoms with E-state index in [2.05, 4.69) is 71.1 Å². The average molecular weight is 735 g/mol. The molecule has 7 rings (SSSR count). The number of piperidine rings is 1. The van der Waals surface area contributed by atoms with Crippen molar-refractivity contribution in [3.63, 3.8) is 0 Å². The highest BCUT2D eigenvalue weighted by Gasteiger charge is 2.47. The molecule has 0 bridgehead atoms. The maximum absolute atomic E-state index is 9.96. The molecule has 2 saturated heterocycles. The molecular weight excluding hydrogens is 684 g/mol. The Morgan fingerprint density at radius 1 is 0.868 bits per heavy atom. The van der Waals surface area contributed by atoms with Gasteiger partial charge in [0.05, 0.1) is 23.3 Å². The third kappa shape index (κ3) is 8.99. The molecule has 9 heteroatoms. The quantitative estimate of drug-likeness (QED) is 0.129. The zero-order valence-corrected chi connectivity index (χ0v) is 31.8. The van der Waals surface area contributed by atoms with Crippen molar-refractivity contribution in [2.45, 2.75) is 84.7 Å². The molecular formula is C44H51ClN4O4. The number of aliphatic hydroxyl groups is 1. The van der Waals surface area contributed by atoms with Gasteiger partial charge in [-0.3, -0.25) is 9.88 Å². The molecule has 278 valence electrons. The number of likely N-dealkylation sites (tertiary alicyclic amines) is 2. The highest BCUT2D eigenvalue weighted by Crippen LogP contribution is 2.45. The first-order valence-electron chi connectivity index (χ1n) is 19.2. The molecule has 1 saturated carbocycles. The summed E-state index contributed by atoms with van der Waals surface area (Å²) in [4.78, 5) is 9.14. The topological polar surface area (TPSA) is 91.1 Å². The average Bonchev–Trinajstić information content (AvgIpc) is 3.55. The van der Waals surface area contributed by atoms with Crippen LogP contribution in [0.2, 0.25) is 5.02 Å². The number of aromatic nitrogens is 1. The molecule has 3 aromatic carbocycles. The molecule has 2 aliphatic heterocycles. The van der Waals surface area contributed by atoms with Gasteiger partial charge >= 0.3 is 0 Å². The number of halogens is 1. The molecule has 53 heavy (non-hydrogen) atoms. The van der Waals surface area contributed by atoms with Crippen LogP contribution in [0.25, 0.3) is 11.1 Å². The number of benzene rings is 3. The highest BCUT2D eigenvalue weighted by molar-refractivity contribution is 6.32. The molecule has 0 amide bonds. The second-order valence-electron chi connectivity index (χ2n) is 15.3. The number of nitrogens with zero attached hydrogens (tertiary/aromatic N) is 4. The van der Waals surface area contributed by atoms with Gasteiger partial charge < -0.3 is 24.2 Å². The molecule has 3 fully saturated rings. The van der Waals surface area contributed by atoms with Gasteiger partial charge in [-0.2, -0.15) is 5.26 Å². The summed E-state index contributed by atoms with van der Waals surface area (Å²) in [5.74, 6) is 2.21. The summed E-state index contributed by atoms with van der Waals surface area (Å²) in [5.41, 5.74) is 8.37. The predicted molar refractivity (Wildman–Crippen MR) is 208 cm³/mol. The lowest BCUT2D eigenvalue weighted by Gasteiger charge is -2.48. The molecule has 0 radical (unpaired) electrons. The van der Waals surface area contributed by atoms with Gasteiger partial charge in [0.25, 0.3) is 0 Å². The van der Waals surface area contributed by atoms with Crippen LogP contribution in [-0.4, -0.2) is 65.3 Å². The summed E-state index contributed by atoms with van der Waals surface area (Å²) in [6.45, 7) is 11.7. The largest absolute Gasteiger partial charge is 0.493 e. The van der Waals surface area contributed by atoms with Crippen molar-refractivity contribution in [2.24, 2.45) is 5.41 Å². The fourth-order valence-electron chi connectivity index (χ4n) is 8.44. The van der Waals surface area contributed by atoms with Gasteiger partial charge in [-0.1, -0.05) is 48.4 Å². The van der Waals surface area contributed by atoms with E-state index in [1.165, 1.54) is 19.3 Å². The van der Waals surface area contributed by atoms with Crippen molar-refractivity contribution in [2.75, 3.05) is 39.3 Å². The van der Waals surface area contributed by atoms with Crippen molar-refractivity contribution in [3.8, 4) is 34.4 Å². The van der Waals surface area contributed by atoms with Crippen LogP contribution in [0.1, 0.15) is 78.3 Å². The lowest BCUT2D eigenvalue weighted by molar-refractivity contribution is -0.00612. The lowest BCUT2D eigenvalue weighted by Crippen LogP contribution is -2.55. The number of pyridine rings is 1. The van der Waals surface area contributed by atoms with Crippen LogP contribution >= 0.6 is 11.6 Å². The van der Waals surface area contributed by atoms with Gasteiger partial charge in [0.1, 0.15) is 36.5 Å². The first-order valence-corrected chi connectivity index (χ1v) is 19.5. The van der Waals surface area contributed by atoms with E-state index in [1.807, 2.05) is 12.1 Å². The smallest absolute Gasteiger partial charge is 0.142 e. The van der Waals surface area contributed by atoms with E-state index < -0.39 is 0 Å². The Bertz CT molecular complexity index is 1930. The summed E-state index contributed by atoms with van der Waals surface area (Å²) < 4.78 is 19.1. The number of ether oxygens (including phenoxy) is 3. The van der Waals surface area contributed by atoms with Crippen LogP contribution in [-0.2, 0) is 19.8 Å². The van der Waals surface area contributed by atoms with Gasteiger partial charge in [0.15, 0.2) is 0 Å². The molecule has 1 N–H and O–H groups in total. The Morgan fingerprint density at radius 3 is 2.42 bits per heavy atom. The first kappa shape index (κ1) is 37.2. The van der Waals surface area contributed by atoms with Gasteiger partial charge in [-0.25, -0.2) is 0 Å². The second-order valence-corrected chi connectivity index (χ2v) is 15.7. The Labute approximate surface area is 319 Å². The molecule has 1 aromatic heterocycles. The number of rotatable bonds is 14. The maximum atomic E-state index is 9.96. The van der Waals surface area contributed by atoms with Crippen LogP contribution in [0.15, 0.2) is 67.0 Å². The normalized spacial score (nSPS) is 18.4. The van der Waals surface area contributed by atoms with Crippen LogP contribution in [0, 0.1) is 30.6 Å². The molecule has 1 unspecified atom stereocenters. The monoisotopic (exact) mass is 734 g/mol. The van der Waals surface area contributed by atoms with Crippen molar-refractivity contribution in [3.05, 3.63) is 105 Å². The summed E-state index contributed by atoms with van der Waals surface area (Å²) in [6.07, 6.45) is 10.9. The molecule has 3 heterocycles. The number of hydrogen-bond donors (Lipinski definition) is 1. The van der Waals surface area contributed by atoms with E-state index in [9.17, 15) is 10.4 Å². The van der Waals surface area contributed by atoms with Gasteiger partial charge in [0.2, 0.25) is 0 Å². The van der Waals surface area contributed by atoms with E-state index >= 15 is 0 Å². The minimum Gasteiger partial charge on any atom is -0.493 e. The zero-order valence-electron chi connectivity index (χ0n) is 31.1. The summed E-state index contributed by atoms with van der Waals surface area (Å²) in [7, 11) is 0. The Hall–Kier alpha value is -4.13. The van der Waals surface area contributed by atoms with Crippen molar-refractivity contribution < 1.29 is 19.3 Å². The van der Waals surface area contributed by atoms with E-state index in [1.54, 1.807) is 18.5 Å². The zero-order chi connectivity index (χ0) is 36.8. The number of nitriles is 1. The van der Waals surface area contributed by atoms with Gasteiger partial charge in [-0.05, 0) is 117 Å². The number of aliphatic hydroxyl groups excluding tert-OH is 1. The Morgan fingerprint density at radius 2 is 1.64 bits per heavy atom. The maximum Gasteiger partial charge on any atom is 0.142 e. The molecule has 1 atom stereocenters. The standard InChI is InChI=1S/C44H51ClN4O4/c1-31-35(9-6-10-38(31)39-11-7-12-41(32(39)2)51-18-8-17-49-29-44(30-49)14-13-37(50)22-44)28-53-43-21-42(52-27-34-19-33(23-46)24-47-25-34)36(20-40(43)45)26-48-15-4-3-5-16-48/h6-7,9-12,19-21,24-25,37,50H,3-5,8,13-18,22,26-30H2,1-2H3. The Balaban J connectivity index is 1.01. The van der Waals surface area contributed by atoms with E-state index in [0.29, 0.717) is 35.0 Å². The van der Waals surface area contributed by atoms with Crippen LogP contribution in [0.3, 0.4) is 0 Å². The minimum atomic E-state index is -0.101. The van der Waals surface area contributed by atoms with Gasteiger partial charge in [0, 0.05) is 55.8 Å². The minimum absolute atomic E-state index is 0.101. The fraction of sp³-hybridized carbons (Fsp3) is 0.455. The molecule has 1 aliphatic carbocycles. The third-order valence-corrected chi connectivity index (χ3v) is 11.6. The highest BCUT2D eigenvalue weighted by atomic mass is 35.5. The van der Waals surface area contributed by atoms with Crippen molar-refractivity contribution in [1.82, 2.24) is 14.8 Å². The van der Waals surface area contributed by atoms with Crippen LogP contribution < -0.4 is 14.2 Å². The second kappa shape index (κ2) is 16.9. The van der Waals surface area contributed by atoms with E-state index in [-0.39, 0.29) is 12.7 Å². The van der Waals surface area contributed by atoms with E-state index in [0.717, 1.165) is 115 Å².